The van der Waals surface area contributed by atoms with Crippen LogP contribution in [-0.4, -0.2) is 48.9 Å². The van der Waals surface area contributed by atoms with Gasteiger partial charge in [-0.05, 0) is 48.2 Å². The second-order valence-corrected chi connectivity index (χ2v) is 7.84. The van der Waals surface area contributed by atoms with Crippen LogP contribution in [0.1, 0.15) is 30.5 Å². The first-order valence-corrected chi connectivity index (χ1v) is 9.40. The third-order valence-electron chi connectivity index (χ3n) is 5.57. The summed E-state index contributed by atoms with van der Waals surface area (Å²) in [5.74, 6) is -0.230. The highest BCUT2D eigenvalue weighted by molar-refractivity contribution is 5.85. The van der Waals surface area contributed by atoms with E-state index >= 15 is 0 Å². The lowest BCUT2D eigenvalue weighted by Gasteiger charge is -2.31. The Morgan fingerprint density at radius 1 is 1.18 bits per heavy atom. The van der Waals surface area contributed by atoms with E-state index in [4.69, 9.17) is 5.73 Å². The van der Waals surface area contributed by atoms with Gasteiger partial charge in [0.2, 0.25) is 5.91 Å². The van der Waals surface area contributed by atoms with Crippen LogP contribution in [0.3, 0.4) is 0 Å². The minimum absolute atomic E-state index is 0. The molecule has 0 aliphatic carbocycles. The summed E-state index contributed by atoms with van der Waals surface area (Å²) in [6, 6.07) is 16.0. The van der Waals surface area contributed by atoms with Crippen molar-refractivity contribution in [3.05, 3.63) is 71.5 Å². The summed E-state index contributed by atoms with van der Waals surface area (Å²) in [7, 11) is 1.82. The summed E-state index contributed by atoms with van der Waals surface area (Å²) in [5.41, 5.74) is 7.88. The first-order valence-electron chi connectivity index (χ1n) is 9.40. The summed E-state index contributed by atoms with van der Waals surface area (Å²) in [5, 5.41) is 0. The van der Waals surface area contributed by atoms with Crippen LogP contribution >= 0.6 is 12.4 Å². The monoisotopic (exact) mass is 405 g/mol. The van der Waals surface area contributed by atoms with Crippen LogP contribution in [0.5, 0.6) is 0 Å². The molecule has 2 aromatic carbocycles. The molecule has 2 atom stereocenters. The van der Waals surface area contributed by atoms with Gasteiger partial charge in [0.05, 0.1) is 12.6 Å². The molecule has 1 aliphatic rings. The topological polar surface area (TPSA) is 49.6 Å². The number of amides is 1. The zero-order valence-corrected chi connectivity index (χ0v) is 17.3. The lowest BCUT2D eigenvalue weighted by molar-refractivity contribution is -0.132. The van der Waals surface area contributed by atoms with Gasteiger partial charge in [-0.3, -0.25) is 9.69 Å². The fourth-order valence-corrected chi connectivity index (χ4v) is 3.79. The Morgan fingerprint density at radius 3 is 2.36 bits per heavy atom. The molecule has 2 aromatic rings. The summed E-state index contributed by atoms with van der Waals surface area (Å²) >= 11 is 0. The van der Waals surface area contributed by atoms with Crippen molar-refractivity contribution >= 4 is 18.3 Å². The van der Waals surface area contributed by atoms with Gasteiger partial charge in [0.25, 0.3) is 0 Å². The molecule has 1 fully saturated rings. The summed E-state index contributed by atoms with van der Waals surface area (Å²) in [4.78, 5) is 17.0. The molecule has 4 nitrogen and oxygen atoms in total. The number of nitrogens with zero attached hydrogens (tertiary/aromatic N) is 2. The van der Waals surface area contributed by atoms with Gasteiger partial charge in [-0.15, -0.1) is 12.4 Å². The van der Waals surface area contributed by atoms with Crippen molar-refractivity contribution in [2.75, 3.05) is 33.2 Å². The number of likely N-dealkylation sites (tertiary alicyclic amines) is 1. The zero-order valence-electron chi connectivity index (χ0n) is 16.5. The fraction of sp³-hybridized carbons (Fsp3) is 0.409. The van der Waals surface area contributed by atoms with Crippen LogP contribution < -0.4 is 5.73 Å². The largest absolute Gasteiger partial charge is 0.334 e. The van der Waals surface area contributed by atoms with Crippen molar-refractivity contribution in [1.82, 2.24) is 9.80 Å². The molecule has 3 rings (SSSR count). The standard InChI is InChI=1S/C22H28FN3O.ClH/c1-22(15-24)12-13-26(16-22)14-20(27)25(2)21(17-6-4-3-5-7-17)18-8-10-19(23)11-9-18;/h3-11,21H,12-16,24H2,1-2H3;1H. The van der Waals surface area contributed by atoms with Crippen LogP contribution in [0.4, 0.5) is 4.39 Å². The predicted octanol–water partition coefficient (Wildman–Crippen LogP) is 3.47. The highest BCUT2D eigenvalue weighted by Crippen LogP contribution is 2.30. The van der Waals surface area contributed by atoms with E-state index in [1.165, 1.54) is 12.1 Å². The highest BCUT2D eigenvalue weighted by atomic mass is 35.5. The normalized spacial score (nSPS) is 20.4. The molecule has 1 saturated heterocycles. The van der Waals surface area contributed by atoms with Crippen LogP contribution in [-0.2, 0) is 4.79 Å². The summed E-state index contributed by atoms with van der Waals surface area (Å²) < 4.78 is 13.4. The van der Waals surface area contributed by atoms with Gasteiger partial charge in [0.15, 0.2) is 0 Å². The second-order valence-electron chi connectivity index (χ2n) is 7.84. The number of hydrogen-bond acceptors (Lipinski definition) is 3. The average Bonchev–Trinajstić information content (AvgIpc) is 3.05. The number of halogens is 2. The minimum Gasteiger partial charge on any atom is -0.334 e. The van der Waals surface area contributed by atoms with Crippen molar-refractivity contribution < 1.29 is 9.18 Å². The first kappa shape index (κ1) is 22.3. The SMILES string of the molecule is CN(C(=O)CN1CCC(C)(CN)C1)C(c1ccccc1)c1ccc(F)cc1.Cl. The molecule has 152 valence electrons. The molecule has 2 N–H and O–H groups in total. The van der Waals surface area contributed by atoms with Gasteiger partial charge in [0.1, 0.15) is 5.82 Å². The van der Waals surface area contributed by atoms with Crippen LogP contribution in [0.25, 0.3) is 0 Å². The van der Waals surface area contributed by atoms with Crippen molar-refractivity contribution in [2.45, 2.75) is 19.4 Å². The number of rotatable bonds is 6. The van der Waals surface area contributed by atoms with Crippen molar-refractivity contribution in [2.24, 2.45) is 11.1 Å². The molecule has 1 heterocycles. The third-order valence-corrected chi connectivity index (χ3v) is 5.57. The molecule has 1 aliphatic heterocycles. The van der Waals surface area contributed by atoms with E-state index in [1.54, 1.807) is 17.0 Å². The number of benzene rings is 2. The maximum atomic E-state index is 13.4. The number of likely N-dealkylation sites (N-methyl/N-ethyl adjacent to an activating group) is 1. The minimum atomic E-state index is -0.280. The van der Waals surface area contributed by atoms with Crippen molar-refractivity contribution in [3.63, 3.8) is 0 Å². The zero-order chi connectivity index (χ0) is 19.4. The molecule has 28 heavy (non-hydrogen) atoms. The second kappa shape index (κ2) is 9.50. The average molecular weight is 406 g/mol. The Kier molecular flexibility index (Phi) is 7.58. The Morgan fingerprint density at radius 2 is 1.79 bits per heavy atom. The van der Waals surface area contributed by atoms with E-state index in [0.29, 0.717) is 13.1 Å². The molecule has 6 heteroatoms. The summed E-state index contributed by atoms with van der Waals surface area (Å²) in [6.07, 6.45) is 1.01. The predicted molar refractivity (Wildman–Crippen MR) is 113 cm³/mol. The van der Waals surface area contributed by atoms with Crippen molar-refractivity contribution in [3.8, 4) is 0 Å². The molecular weight excluding hydrogens is 377 g/mol. The number of hydrogen-bond donors (Lipinski definition) is 1. The van der Waals surface area contributed by atoms with Gasteiger partial charge in [-0.25, -0.2) is 4.39 Å². The summed E-state index contributed by atoms with van der Waals surface area (Å²) in [6.45, 7) is 4.91. The van der Waals surface area contributed by atoms with Crippen LogP contribution in [0.15, 0.2) is 54.6 Å². The quantitative estimate of drug-likeness (QED) is 0.800. The first-order chi connectivity index (χ1) is 12.9. The molecule has 1 amide bonds. The number of carbonyl (C=O) groups excluding carboxylic acids is 1. The maximum absolute atomic E-state index is 13.4. The van der Waals surface area contributed by atoms with E-state index in [0.717, 1.165) is 30.6 Å². The molecule has 0 aromatic heterocycles. The lowest BCUT2D eigenvalue weighted by Crippen LogP contribution is -2.41. The Bertz CT molecular complexity index is 771. The fourth-order valence-electron chi connectivity index (χ4n) is 3.79. The van der Waals surface area contributed by atoms with Gasteiger partial charge in [-0.2, -0.15) is 0 Å². The molecule has 0 radical (unpaired) electrons. The van der Waals surface area contributed by atoms with Gasteiger partial charge in [-0.1, -0.05) is 49.4 Å². The Labute approximate surface area is 172 Å². The Hall–Kier alpha value is -1.95. The molecule has 0 spiro atoms. The van der Waals surface area contributed by atoms with E-state index in [-0.39, 0.29) is 35.6 Å². The lowest BCUT2D eigenvalue weighted by atomic mass is 9.90. The third kappa shape index (κ3) is 5.10. The van der Waals surface area contributed by atoms with Crippen LogP contribution in [0, 0.1) is 11.2 Å². The Balaban J connectivity index is 0.00000280. The number of nitrogens with two attached hydrogens (primary N) is 1. The molecule has 0 saturated carbocycles. The van der Waals surface area contributed by atoms with E-state index < -0.39 is 0 Å². The van der Waals surface area contributed by atoms with E-state index in [1.807, 2.05) is 37.4 Å². The van der Waals surface area contributed by atoms with E-state index in [9.17, 15) is 9.18 Å². The maximum Gasteiger partial charge on any atom is 0.237 e. The smallest absolute Gasteiger partial charge is 0.237 e. The van der Waals surface area contributed by atoms with Gasteiger partial charge in [0, 0.05) is 13.6 Å². The molecule has 0 bridgehead atoms. The number of carbonyl (C=O) groups is 1. The highest BCUT2D eigenvalue weighted by Gasteiger charge is 2.34. The molecular formula is C22H29ClFN3O. The van der Waals surface area contributed by atoms with Crippen molar-refractivity contribution in [1.29, 1.82) is 0 Å². The van der Waals surface area contributed by atoms with Gasteiger partial charge >= 0.3 is 0 Å². The van der Waals surface area contributed by atoms with E-state index in [2.05, 4.69) is 11.8 Å². The molecule has 2 unspecified atom stereocenters. The van der Waals surface area contributed by atoms with Crippen LogP contribution in [0.2, 0.25) is 0 Å². The van der Waals surface area contributed by atoms with Gasteiger partial charge < -0.3 is 10.6 Å².